The highest BCUT2D eigenvalue weighted by atomic mass is 35.5. The number of hydrogen-bond donors (Lipinski definition) is 1. The van der Waals surface area contributed by atoms with Crippen molar-refractivity contribution in [3.63, 3.8) is 0 Å². The van der Waals surface area contributed by atoms with E-state index < -0.39 is 0 Å². The number of rotatable bonds is 7. The van der Waals surface area contributed by atoms with Gasteiger partial charge in [0.25, 0.3) is 0 Å². The molecule has 102 valence electrons. The number of halogens is 1. The van der Waals surface area contributed by atoms with E-state index in [9.17, 15) is 4.79 Å². The molecule has 19 heavy (non-hydrogen) atoms. The summed E-state index contributed by atoms with van der Waals surface area (Å²) in [4.78, 5) is 13.5. The lowest BCUT2D eigenvalue weighted by atomic mass is 10.1. The van der Waals surface area contributed by atoms with Crippen LogP contribution in [0.25, 0.3) is 0 Å². The van der Waals surface area contributed by atoms with E-state index in [1.165, 1.54) is 0 Å². The molecule has 1 N–H and O–H groups in total. The number of carbonyl (C=O) groups excluding carboxylic acids is 1. The van der Waals surface area contributed by atoms with Crippen LogP contribution in [0.5, 0.6) is 0 Å². The van der Waals surface area contributed by atoms with Crippen molar-refractivity contribution in [2.45, 2.75) is 6.42 Å². The third kappa shape index (κ3) is 5.62. The average molecular weight is 279 g/mol. The zero-order chi connectivity index (χ0) is 14.1. The number of amides is 2. The second kappa shape index (κ2) is 8.38. The lowest BCUT2D eigenvalue weighted by Crippen LogP contribution is -2.40. The van der Waals surface area contributed by atoms with Crippen LogP contribution in [0.1, 0.15) is 5.56 Å². The van der Waals surface area contributed by atoms with E-state index in [1.54, 1.807) is 17.1 Å². The fourth-order valence-electron chi connectivity index (χ4n) is 1.67. The zero-order valence-corrected chi connectivity index (χ0v) is 11.7. The van der Waals surface area contributed by atoms with Gasteiger partial charge in [0.2, 0.25) is 0 Å². The van der Waals surface area contributed by atoms with Gasteiger partial charge in [0.15, 0.2) is 0 Å². The largest absolute Gasteiger partial charge is 0.338 e. The molecule has 0 atom stereocenters. The van der Waals surface area contributed by atoms with E-state index in [1.807, 2.05) is 24.3 Å². The van der Waals surface area contributed by atoms with Crippen LogP contribution in [0, 0.1) is 0 Å². The van der Waals surface area contributed by atoms with Crippen molar-refractivity contribution in [2.75, 3.05) is 19.6 Å². The molecule has 0 aliphatic heterocycles. The molecule has 0 spiro atoms. The first-order valence-corrected chi connectivity index (χ1v) is 6.54. The average Bonchev–Trinajstić information content (AvgIpc) is 2.38. The second-order valence-corrected chi connectivity index (χ2v) is 4.53. The van der Waals surface area contributed by atoms with Crippen LogP contribution in [0.4, 0.5) is 4.79 Å². The molecule has 0 fully saturated rings. The van der Waals surface area contributed by atoms with E-state index in [-0.39, 0.29) is 6.03 Å². The summed E-state index contributed by atoms with van der Waals surface area (Å²) in [6.45, 7) is 8.86. The van der Waals surface area contributed by atoms with Gasteiger partial charge in [-0.1, -0.05) is 35.9 Å². The minimum absolute atomic E-state index is 0.109. The van der Waals surface area contributed by atoms with Gasteiger partial charge in [-0.15, -0.1) is 13.2 Å². The van der Waals surface area contributed by atoms with Crippen molar-refractivity contribution < 1.29 is 4.79 Å². The molecule has 0 saturated carbocycles. The first kappa shape index (κ1) is 15.3. The molecule has 0 saturated heterocycles. The van der Waals surface area contributed by atoms with Crippen LogP contribution in [0.15, 0.2) is 49.6 Å². The predicted octanol–water partition coefficient (Wildman–Crippen LogP) is 3.27. The van der Waals surface area contributed by atoms with Crippen molar-refractivity contribution in [1.82, 2.24) is 10.2 Å². The Labute approximate surface area is 119 Å². The highest BCUT2D eigenvalue weighted by molar-refractivity contribution is 6.30. The molecule has 4 heteroatoms. The molecule has 3 nitrogen and oxygen atoms in total. The molecule has 0 heterocycles. The molecule has 0 radical (unpaired) electrons. The van der Waals surface area contributed by atoms with Gasteiger partial charge in [-0.05, 0) is 24.1 Å². The number of carbonyl (C=O) groups is 1. The van der Waals surface area contributed by atoms with Crippen LogP contribution < -0.4 is 5.32 Å². The summed E-state index contributed by atoms with van der Waals surface area (Å²) in [6, 6.07) is 7.52. The molecular weight excluding hydrogens is 260 g/mol. The van der Waals surface area contributed by atoms with Gasteiger partial charge in [-0.25, -0.2) is 4.79 Å². The zero-order valence-electron chi connectivity index (χ0n) is 10.9. The van der Waals surface area contributed by atoms with E-state index in [0.29, 0.717) is 24.7 Å². The lowest BCUT2D eigenvalue weighted by Gasteiger charge is -2.19. The minimum atomic E-state index is -0.109. The van der Waals surface area contributed by atoms with Crippen LogP contribution in [0.3, 0.4) is 0 Å². The Morgan fingerprint density at radius 2 is 2.00 bits per heavy atom. The predicted molar refractivity (Wildman–Crippen MR) is 80.5 cm³/mol. The maximum atomic E-state index is 11.9. The summed E-state index contributed by atoms with van der Waals surface area (Å²) >= 11 is 5.90. The summed E-state index contributed by atoms with van der Waals surface area (Å²) in [5, 5.41) is 3.58. The molecule has 2 amide bonds. The summed E-state index contributed by atoms with van der Waals surface area (Å²) < 4.78 is 0. The number of hydrogen-bond acceptors (Lipinski definition) is 1. The monoisotopic (exact) mass is 278 g/mol. The SMILES string of the molecule is C=CCN(CC=C)C(=O)NCCc1cccc(Cl)c1. The van der Waals surface area contributed by atoms with Crippen molar-refractivity contribution in [1.29, 1.82) is 0 Å². The van der Waals surface area contributed by atoms with Gasteiger partial charge < -0.3 is 10.2 Å². The maximum Gasteiger partial charge on any atom is 0.317 e. The smallest absolute Gasteiger partial charge is 0.317 e. The lowest BCUT2D eigenvalue weighted by molar-refractivity contribution is 0.208. The molecule has 0 aliphatic carbocycles. The van der Waals surface area contributed by atoms with Crippen LogP contribution in [-0.4, -0.2) is 30.6 Å². The van der Waals surface area contributed by atoms with Gasteiger partial charge in [-0.3, -0.25) is 0 Å². The normalized spacial score (nSPS) is 9.74. The number of nitrogens with zero attached hydrogens (tertiary/aromatic N) is 1. The number of benzene rings is 1. The number of urea groups is 1. The Balaban J connectivity index is 2.40. The summed E-state index contributed by atoms with van der Waals surface area (Å²) in [5.41, 5.74) is 1.10. The summed E-state index contributed by atoms with van der Waals surface area (Å²) in [6.07, 6.45) is 4.14. The molecular formula is C15H19ClN2O. The Bertz CT molecular complexity index is 436. The van der Waals surface area contributed by atoms with Gasteiger partial charge in [0.1, 0.15) is 0 Å². The van der Waals surface area contributed by atoms with E-state index in [4.69, 9.17) is 11.6 Å². The van der Waals surface area contributed by atoms with Crippen LogP contribution in [0.2, 0.25) is 5.02 Å². The van der Waals surface area contributed by atoms with Crippen molar-refractivity contribution >= 4 is 17.6 Å². The topological polar surface area (TPSA) is 32.3 Å². The van der Waals surface area contributed by atoms with Gasteiger partial charge in [-0.2, -0.15) is 0 Å². The summed E-state index contributed by atoms with van der Waals surface area (Å²) in [7, 11) is 0. The Morgan fingerprint density at radius 3 is 2.58 bits per heavy atom. The minimum Gasteiger partial charge on any atom is -0.338 e. The van der Waals surface area contributed by atoms with E-state index in [0.717, 1.165) is 12.0 Å². The van der Waals surface area contributed by atoms with Crippen molar-refractivity contribution in [2.24, 2.45) is 0 Å². The fourth-order valence-corrected chi connectivity index (χ4v) is 1.88. The summed E-state index contributed by atoms with van der Waals surface area (Å²) in [5.74, 6) is 0. The molecule has 0 aliphatic rings. The third-order valence-corrected chi connectivity index (χ3v) is 2.80. The highest BCUT2D eigenvalue weighted by Gasteiger charge is 2.09. The molecule has 0 unspecified atom stereocenters. The van der Waals surface area contributed by atoms with E-state index >= 15 is 0 Å². The van der Waals surface area contributed by atoms with E-state index in [2.05, 4.69) is 18.5 Å². The quantitative estimate of drug-likeness (QED) is 0.763. The van der Waals surface area contributed by atoms with Gasteiger partial charge >= 0.3 is 6.03 Å². The first-order valence-electron chi connectivity index (χ1n) is 6.16. The second-order valence-electron chi connectivity index (χ2n) is 4.09. The Morgan fingerprint density at radius 1 is 1.32 bits per heavy atom. The molecule has 0 aromatic heterocycles. The molecule has 1 aromatic carbocycles. The molecule has 1 rings (SSSR count). The highest BCUT2D eigenvalue weighted by Crippen LogP contribution is 2.10. The standard InChI is InChI=1S/C15H19ClN2O/c1-3-10-18(11-4-2)15(19)17-9-8-13-6-5-7-14(16)12-13/h3-7,12H,1-2,8-11H2,(H,17,19). The molecule has 0 bridgehead atoms. The van der Waals surface area contributed by atoms with Crippen molar-refractivity contribution in [3.05, 3.63) is 60.2 Å². The number of nitrogens with one attached hydrogen (secondary N) is 1. The molecule has 1 aromatic rings. The Kier molecular flexibility index (Phi) is 6.75. The third-order valence-electron chi connectivity index (χ3n) is 2.57. The van der Waals surface area contributed by atoms with Crippen LogP contribution in [-0.2, 0) is 6.42 Å². The van der Waals surface area contributed by atoms with Gasteiger partial charge in [0.05, 0.1) is 0 Å². The first-order chi connectivity index (χ1) is 9.17. The Hall–Kier alpha value is -1.74. The van der Waals surface area contributed by atoms with Crippen molar-refractivity contribution in [3.8, 4) is 0 Å². The maximum absolute atomic E-state index is 11.9. The van der Waals surface area contributed by atoms with Gasteiger partial charge in [0, 0.05) is 24.7 Å². The van der Waals surface area contributed by atoms with Crippen LogP contribution >= 0.6 is 11.6 Å². The fraction of sp³-hybridized carbons (Fsp3) is 0.267.